The quantitative estimate of drug-likeness (QED) is 0.857. The van der Waals surface area contributed by atoms with Gasteiger partial charge in [-0.05, 0) is 69.4 Å². The van der Waals surface area contributed by atoms with Crippen LogP contribution in [0.15, 0.2) is 0 Å². The number of nitrogens with one attached hydrogen (secondary N) is 1. The smallest absolute Gasteiger partial charge is 0.222 e. The second kappa shape index (κ2) is 6.93. The van der Waals surface area contributed by atoms with Gasteiger partial charge < -0.3 is 10.2 Å². The van der Waals surface area contributed by atoms with Crippen molar-refractivity contribution in [1.29, 1.82) is 0 Å². The van der Waals surface area contributed by atoms with Crippen molar-refractivity contribution >= 4 is 5.91 Å². The van der Waals surface area contributed by atoms with Gasteiger partial charge in [0.2, 0.25) is 5.91 Å². The molecule has 1 saturated heterocycles. The number of carbonyl (C=O) groups excluding carboxylic acids is 1. The maximum absolute atomic E-state index is 12.4. The first-order valence-corrected chi connectivity index (χ1v) is 8.44. The van der Waals surface area contributed by atoms with E-state index in [9.17, 15) is 4.79 Å². The molecule has 0 spiro atoms. The first kappa shape index (κ1) is 15.8. The minimum absolute atomic E-state index is 0.369. The molecule has 2 aliphatic rings. The summed E-state index contributed by atoms with van der Waals surface area (Å²) in [6, 6.07) is 0.489. The third kappa shape index (κ3) is 4.47. The van der Waals surface area contributed by atoms with Crippen molar-refractivity contribution in [2.24, 2.45) is 11.3 Å². The zero-order valence-electron chi connectivity index (χ0n) is 13.6. The molecule has 1 N–H and O–H groups in total. The molecule has 1 saturated carbocycles. The topological polar surface area (TPSA) is 32.3 Å². The normalized spacial score (nSPS) is 24.6. The fraction of sp³-hybridized carbons (Fsp3) is 0.941. The zero-order chi connectivity index (χ0) is 14.6. The van der Waals surface area contributed by atoms with Gasteiger partial charge in [-0.1, -0.05) is 13.8 Å². The van der Waals surface area contributed by atoms with Crippen molar-refractivity contribution in [2.75, 3.05) is 20.1 Å². The molecule has 1 aliphatic heterocycles. The molecule has 0 bridgehead atoms. The Hall–Kier alpha value is -0.570. The predicted molar refractivity (Wildman–Crippen MR) is 83.6 cm³/mol. The molecule has 2 fully saturated rings. The molecule has 1 heterocycles. The summed E-state index contributed by atoms with van der Waals surface area (Å²) in [5.41, 5.74) is 0.482. The third-order valence-electron chi connectivity index (χ3n) is 5.47. The predicted octanol–water partition coefficient (Wildman–Crippen LogP) is 3.19. The lowest BCUT2D eigenvalue weighted by molar-refractivity contribution is -0.133. The molecule has 2 rings (SSSR count). The SMILES string of the molecule is CN(C(=O)CCC1CCNCC1)C1CCC(C)(C)CC1. The highest BCUT2D eigenvalue weighted by molar-refractivity contribution is 5.76. The lowest BCUT2D eigenvalue weighted by Gasteiger charge is -2.38. The van der Waals surface area contributed by atoms with Gasteiger partial charge in [0.15, 0.2) is 0 Å². The molecule has 1 aliphatic carbocycles. The van der Waals surface area contributed by atoms with E-state index in [2.05, 4.69) is 24.1 Å². The Morgan fingerprint density at radius 2 is 1.75 bits per heavy atom. The highest BCUT2D eigenvalue weighted by Crippen LogP contribution is 2.36. The Morgan fingerprint density at radius 1 is 1.15 bits per heavy atom. The minimum atomic E-state index is 0.369. The summed E-state index contributed by atoms with van der Waals surface area (Å²) >= 11 is 0. The van der Waals surface area contributed by atoms with Gasteiger partial charge in [0, 0.05) is 19.5 Å². The van der Waals surface area contributed by atoms with Crippen molar-refractivity contribution in [3.8, 4) is 0 Å². The molecular formula is C17H32N2O. The van der Waals surface area contributed by atoms with Gasteiger partial charge in [-0.3, -0.25) is 4.79 Å². The van der Waals surface area contributed by atoms with Gasteiger partial charge in [-0.15, -0.1) is 0 Å². The van der Waals surface area contributed by atoms with E-state index in [0.717, 1.165) is 31.8 Å². The second-order valence-electron chi connectivity index (χ2n) is 7.63. The summed E-state index contributed by atoms with van der Waals surface area (Å²) in [6.07, 6.45) is 9.20. The molecule has 116 valence electrons. The van der Waals surface area contributed by atoms with Crippen molar-refractivity contribution in [1.82, 2.24) is 10.2 Å². The first-order chi connectivity index (χ1) is 9.48. The zero-order valence-corrected chi connectivity index (χ0v) is 13.6. The lowest BCUT2D eigenvalue weighted by atomic mass is 9.75. The molecule has 0 radical (unpaired) electrons. The Morgan fingerprint density at radius 3 is 2.35 bits per heavy atom. The van der Waals surface area contributed by atoms with Crippen molar-refractivity contribution in [3.05, 3.63) is 0 Å². The van der Waals surface area contributed by atoms with Gasteiger partial charge in [0.05, 0.1) is 0 Å². The van der Waals surface area contributed by atoms with Crippen LogP contribution in [0, 0.1) is 11.3 Å². The highest BCUT2D eigenvalue weighted by Gasteiger charge is 2.30. The van der Waals surface area contributed by atoms with Crippen LogP contribution in [0.1, 0.15) is 65.2 Å². The standard InChI is InChI=1S/C17H32N2O/c1-17(2)10-6-15(7-11-17)19(3)16(20)5-4-14-8-12-18-13-9-14/h14-15,18H,4-13H2,1-3H3. The molecule has 0 atom stereocenters. The third-order valence-corrected chi connectivity index (χ3v) is 5.47. The molecule has 3 heteroatoms. The molecular weight excluding hydrogens is 248 g/mol. The number of piperidine rings is 1. The number of nitrogens with zero attached hydrogens (tertiary/aromatic N) is 1. The Labute approximate surface area is 124 Å². The van der Waals surface area contributed by atoms with Crippen LogP contribution in [-0.2, 0) is 4.79 Å². The van der Waals surface area contributed by atoms with E-state index >= 15 is 0 Å². The van der Waals surface area contributed by atoms with Crippen LogP contribution < -0.4 is 5.32 Å². The van der Waals surface area contributed by atoms with E-state index in [1.54, 1.807) is 0 Å². The van der Waals surface area contributed by atoms with E-state index < -0.39 is 0 Å². The van der Waals surface area contributed by atoms with Crippen LogP contribution in [0.4, 0.5) is 0 Å². The number of hydrogen-bond acceptors (Lipinski definition) is 2. The van der Waals surface area contributed by atoms with Crippen molar-refractivity contribution in [3.63, 3.8) is 0 Å². The summed E-state index contributed by atoms with van der Waals surface area (Å²) < 4.78 is 0. The van der Waals surface area contributed by atoms with Crippen molar-refractivity contribution < 1.29 is 4.79 Å². The fourth-order valence-electron chi connectivity index (χ4n) is 3.65. The van der Waals surface area contributed by atoms with Gasteiger partial charge in [0.1, 0.15) is 0 Å². The number of amides is 1. The van der Waals surface area contributed by atoms with Crippen LogP contribution in [0.2, 0.25) is 0 Å². The van der Waals surface area contributed by atoms with Crippen LogP contribution in [0.5, 0.6) is 0 Å². The highest BCUT2D eigenvalue weighted by atomic mass is 16.2. The Kier molecular flexibility index (Phi) is 5.48. The molecule has 20 heavy (non-hydrogen) atoms. The molecule has 0 unspecified atom stereocenters. The summed E-state index contributed by atoms with van der Waals surface area (Å²) in [5.74, 6) is 1.13. The minimum Gasteiger partial charge on any atom is -0.343 e. The van der Waals surface area contributed by atoms with E-state index in [1.807, 2.05) is 7.05 Å². The van der Waals surface area contributed by atoms with Gasteiger partial charge in [-0.25, -0.2) is 0 Å². The van der Waals surface area contributed by atoms with Gasteiger partial charge in [-0.2, -0.15) is 0 Å². The van der Waals surface area contributed by atoms with Crippen LogP contribution in [0.3, 0.4) is 0 Å². The van der Waals surface area contributed by atoms with Crippen LogP contribution >= 0.6 is 0 Å². The monoisotopic (exact) mass is 280 g/mol. The number of carbonyl (C=O) groups is 1. The maximum Gasteiger partial charge on any atom is 0.222 e. The Bertz CT molecular complexity index is 311. The van der Waals surface area contributed by atoms with E-state index in [1.165, 1.54) is 38.5 Å². The van der Waals surface area contributed by atoms with Gasteiger partial charge >= 0.3 is 0 Å². The number of hydrogen-bond donors (Lipinski definition) is 1. The lowest BCUT2D eigenvalue weighted by Crippen LogP contribution is -2.41. The van der Waals surface area contributed by atoms with Crippen molar-refractivity contribution in [2.45, 2.75) is 71.3 Å². The van der Waals surface area contributed by atoms with Crippen LogP contribution in [-0.4, -0.2) is 37.0 Å². The fourth-order valence-corrected chi connectivity index (χ4v) is 3.65. The first-order valence-electron chi connectivity index (χ1n) is 8.44. The van der Waals surface area contributed by atoms with E-state index in [-0.39, 0.29) is 0 Å². The van der Waals surface area contributed by atoms with E-state index in [4.69, 9.17) is 0 Å². The largest absolute Gasteiger partial charge is 0.343 e. The molecule has 0 aromatic heterocycles. The molecule has 3 nitrogen and oxygen atoms in total. The summed E-state index contributed by atoms with van der Waals surface area (Å²) in [5, 5.41) is 3.39. The molecule has 1 amide bonds. The molecule has 0 aromatic carbocycles. The number of rotatable bonds is 4. The summed E-state index contributed by atoms with van der Waals surface area (Å²) in [6.45, 7) is 6.96. The summed E-state index contributed by atoms with van der Waals surface area (Å²) in [7, 11) is 2.02. The van der Waals surface area contributed by atoms with Crippen LogP contribution in [0.25, 0.3) is 0 Å². The maximum atomic E-state index is 12.4. The molecule has 0 aromatic rings. The average Bonchev–Trinajstić information content (AvgIpc) is 2.45. The van der Waals surface area contributed by atoms with Gasteiger partial charge in [0.25, 0.3) is 0 Å². The Balaban J connectivity index is 1.71. The summed E-state index contributed by atoms with van der Waals surface area (Å²) in [4.78, 5) is 14.4. The second-order valence-corrected chi connectivity index (χ2v) is 7.63. The average molecular weight is 280 g/mol. The van der Waals surface area contributed by atoms with E-state index in [0.29, 0.717) is 17.4 Å².